The molecule has 10 heteroatoms. The average molecular weight is 419 g/mol. The van der Waals surface area contributed by atoms with Crippen molar-refractivity contribution in [2.45, 2.75) is 68.3 Å². The fourth-order valence-corrected chi connectivity index (χ4v) is 5.00. The van der Waals surface area contributed by atoms with Gasteiger partial charge in [-0.1, -0.05) is 0 Å². The van der Waals surface area contributed by atoms with Crippen LogP contribution in [0.15, 0.2) is 11.1 Å². The van der Waals surface area contributed by atoms with Gasteiger partial charge in [0.05, 0.1) is 5.69 Å². The molecule has 2 heterocycles. The summed E-state index contributed by atoms with van der Waals surface area (Å²) < 4.78 is 61.7. The number of carbonyl (C=O) groups is 1. The topological polar surface area (TPSA) is 81.5 Å². The van der Waals surface area contributed by atoms with E-state index >= 15 is 8.78 Å². The van der Waals surface area contributed by atoms with Gasteiger partial charge in [-0.15, -0.1) is 0 Å². The first kappa shape index (κ1) is 21.0. The molecule has 0 N–H and O–H groups in total. The molecule has 0 radical (unpaired) electrons. The molecule has 0 unspecified atom stereocenters. The van der Waals surface area contributed by atoms with Gasteiger partial charge >= 0.3 is 11.3 Å². The molecule has 3 rings (SSSR count). The zero-order valence-corrected chi connectivity index (χ0v) is 17.4. The molecule has 2 aliphatic rings. The lowest BCUT2D eigenvalue weighted by atomic mass is 9.97. The van der Waals surface area contributed by atoms with Crippen LogP contribution >= 0.6 is 0 Å². The van der Waals surface area contributed by atoms with Crippen LogP contribution in [-0.2, 0) is 21.6 Å². The van der Waals surface area contributed by atoms with Crippen molar-refractivity contribution in [3.05, 3.63) is 11.8 Å². The summed E-state index contributed by atoms with van der Waals surface area (Å²) in [6.07, 6.45) is 1.00. The molecular formula is C18H27F2N3O4S. The van der Waals surface area contributed by atoms with Crippen LogP contribution in [0.2, 0.25) is 0 Å². The van der Waals surface area contributed by atoms with Gasteiger partial charge in [-0.3, -0.25) is 4.68 Å². The molecule has 1 aliphatic heterocycles. The molecule has 7 nitrogen and oxygen atoms in total. The number of sulfone groups is 1. The van der Waals surface area contributed by atoms with Crippen LogP contribution in [0.3, 0.4) is 0 Å². The largest absolute Gasteiger partial charge is 0.444 e. The minimum atomic E-state index is -4.89. The molecule has 1 saturated heterocycles. The van der Waals surface area contributed by atoms with Gasteiger partial charge in [0.1, 0.15) is 5.60 Å². The summed E-state index contributed by atoms with van der Waals surface area (Å²) in [5.74, 6) is -1.20. The van der Waals surface area contributed by atoms with E-state index in [2.05, 4.69) is 5.10 Å². The number of hydrogen-bond donors (Lipinski definition) is 0. The normalized spacial score (nSPS) is 19.7. The Kier molecular flexibility index (Phi) is 5.23. The van der Waals surface area contributed by atoms with Crippen molar-refractivity contribution < 1.29 is 26.7 Å². The number of piperidine rings is 1. The summed E-state index contributed by atoms with van der Waals surface area (Å²) in [5.41, 5.74) is -0.128. The Morgan fingerprint density at radius 2 is 1.75 bits per heavy atom. The number of aromatic nitrogens is 2. The first-order valence-corrected chi connectivity index (χ1v) is 11.0. The maximum atomic E-state index is 15.0. The van der Waals surface area contributed by atoms with Crippen LogP contribution in [0.1, 0.15) is 58.1 Å². The molecule has 0 bridgehead atoms. The third kappa shape index (κ3) is 4.01. The number of nitrogens with zero attached hydrogens (tertiary/aromatic N) is 3. The van der Waals surface area contributed by atoms with Crippen LogP contribution in [0, 0.1) is 5.92 Å². The molecule has 158 valence electrons. The Hall–Kier alpha value is -1.71. The van der Waals surface area contributed by atoms with Crippen molar-refractivity contribution in [3.8, 4) is 0 Å². The van der Waals surface area contributed by atoms with Crippen molar-refractivity contribution in [3.63, 3.8) is 0 Å². The second-order valence-electron chi connectivity index (χ2n) is 8.61. The van der Waals surface area contributed by atoms with E-state index in [1.807, 2.05) is 0 Å². The zero-order chi connectivity index (χ0) is 20.9. The molecule has 1 aromatic heterocycles. The lowest BCUT2D eigenvalue weighted by Gasteiger charge is -2.36. The molecule has 28 heavy (non-hydrogen) atoms. The summed E-state index contributed by atoms with van der Waals surface area (Å²) in [6, 6.07) is 1.27. The van der Waals surface area contributed by atoms with Gasteiger partial charge in [0.2, 0.25) is 0 Å². The fraction of sp³-hybridized carbons (Fsp3) is 0.778. The highest BCUT2D eigenvalue weighted by atomic mass is 32.2. The highest BCUT2D eigenvalue weighted by molar-refractivity contribution is 7.92. The minimum absolute atomic E-state index is 0.0312. The Labute approximate surface area is 163 Å². The number of amides is 1. The Balaban J connectivity index is 1.72. The Bertz CT molecular complexity index is 849. The standard InChI is InChI=1S/C18H27F2N3O4S/c1-17(2,3)27-16(24)23-9-7-13(8-10-23)18(19,20)28(25,26)15-11-14(12-5-6-12)21-22(15)4/h11-13H,5-10H2,1-4H3. The minimum Gasteiger partial charge on any atom is -0.444 e. The Morgan fingerprint density at radius 3 is 2.25 bits per heavy atom. The lowest BCUT2D eigenvalue weighted by Crippen LogP contribution is -2.47. The van der Waals surface area contributed by atoms with Crippen molar-refractivity contribution in [2.75, 3.05) is 13.1 Å². The summed E-state index contributed by atoms with van der Waals surface area (Å²) in [4.78, 5) is 13.4. The molecule has 1 saturated carbocycles. The van der Waals surface area contributed by atoms with E-state index in [4.69, 9.17) is 4.74 Å². The number of alkyl halides is 2. The maximum Gasteiger partial charge on any atom is 0.410 e. The smallest absolute Gasteiger partial charge is 0.410 e. The molecule has 0 atom stereocenters. The maximum absolute atomic E-state index is 15.0. The lowest BCUT2D eigenvalue weighted by molar-refractivity contribution is -0.0180. The number of rotatable bonds is 4. The van der Waals surface area contributed by atoms with E-state index in [1.165, 1.54) is 18.0 Å². The second kappa shape index (κ2) is 6.96. The quantitative estimate of drug-likeness (QED) is 0.748. The summed E-state index contributed by atoms with van der Waals surface area (Å²) >= 11 is 0. The van der Waals surface area contributed by atoms with Gasteiger partial charge in [-0.25, -0.2) is 13.2 Å². The van der Waals surface area contributed by atoms with Gasteiger partial charge in [0.25, 0.3) is 9.84 Å². The van der Waals surface area contributed by atoms with Crippen molar-refractivity contribution in [2.24, 2.45) is 13.0 Å². The first-order valence-electron chi connectivity index (χ1n) is 9.47. The van der Waals surface area contributed by atoms with Crippen LogP contribution in [0.25, 0.3) is 0 Å². The van der Waals surface area contributed by atoms with Gasteiger partial charge in [0, 0.05) is 32.0 Å². The third-order valence-electron chi connectivity index (χ3n) is 5.11. The monoisotopic (exact) mass is 419 g/mol. The average Bonchev–Trinajstić information content (AvgIpc) is 3.35. The van der Waals surface area contributed by atoms with Crippen LogP contribution in [0.4, 0.5) is 13.6 Å². The number of hydrogen-bond acceptors (Lipinski definition) is 5. The zero-order valence-electron chi connectivity index (χ0n) is 16.6. The van der Waals surface area contributed by atoms with Gasteiger partial charge < -0.3 is 9.64 Å². The third-order valence-corrected chi connectivity index (χ3v) is 7.09. The number of halogens is 2. The first-order chi connectivity index (χ1) is 12.8. The Morgan fingerprint density at radius 1 is 1.18 bits per heavy atom. The predicted molar refractivity (Wildman–Crippen MR) is 97.8 cm³/mol. The van der Waals surface area contributed by atoms with E-state index in [1.54, 1.807) is 20.8 Å². The molecular weight excluding hydrogens is 392 g/mol. The van der Waals surface area contributed by atoms with Crippen LogP contribution in [-0.4, -0.2) is 53.1 Å². The molecule has 0 aromatic carbocycles. The summed E-state index contributed by atoms with van der Waals surface area (Å²) in [6.45, 7) is 5.24. The van der Waals surface area contributed by atoms with Crippen LogP contribution < -0.4 is 0 Å². The van der Waals surface area contributed by atoms with Crippen LogP contribution in [0.5, 0.6) is 0 Å². The second-order valence-corrected chi connectivity index (χ2v) is 10.6. The van der Waals surface area contributed by atoms with E-state index in [9.17, 15) is 13.2 Å². The van der Waals surface area contributed by atoms with Crippen molar-refractivity contribution >= 4 is 15.9 Å². The number of likely N-dealkylation sites (tertiary alicyclic amines) is 1. The van der Waals surface area contributed by atoms with Crippen molar-refractivity contribution in [1.82, 2.24) is 14.7 Å². The molecule has 1 amide bonds. The molecule has 0 spiro atoms. The highest BCUT2D eigenvalue weighted by Gasteiger charge is 2.55. The SMILES string of the molecule is Cn1nc(C2CC2)cc1S(=O)(=O)C(F)(F)C1CCN(C(=O)OC(C)(C)C)CC1. The molecule has 1 aliphatic carbocycles. The van der Waals surface area contributed by atoms with Gasteiger partial charge in [0.15, 0.2) is 5.03 Å². The summed E-state index contributed by atoms with van der Waals surface area (Å²) in [7, 11) is -3.51. The number of ether oxygens (including phenoxy) is 1. The van der Waals surface area contributed by atoms with Gasteiger partial charge in [-0.2, -0.15) is 13.9 Å². The summed E-state index contributed by atoms with van der Waals surface area (Å²) in [5, 5.41) is -0.277. The molecule has 1 aromatic rings. The number of aryl methyl sites for hydroxylation is 1. The molecule has 2 fully saturated rings. The van der Waals surface area contributed by atoms with E-state index in [0.29, 0.717) is 5.69 Å². The predicted octanol–water partition coefficient (Wildman–Crippen LogP) is 3.31. The highest BCUT2D eigenvalue weighted by Crippen LogP contribution is 2.44. The van der Waals surface area contributed by atoms with E-state index < -0.39 is 37.7 Å². The number of carbonyl (C=O) groups excluding carboxylic acids is 1. The van der Waals surface area contributed by atoms with Gasteiger partial charge in [-0.05, 0) is 52.5 Å². The van der Waals surface area contributed by atoms with Crippen molar-refractivity contribution in [1.29, 1.82) is 0 Å². The van der Waals surface area contributed by atoms with E-state index in [0.717, 1.165) is 17.5 Å². The fourth-order valence-electron chi connectivity index (χ4n) is 3.38. The van der Waals surface area contributed by atoms with E-state index in [-0.39, 0.29) is 31.8 Å².